The number of aromatic nitrogens is 1. The van der Waals surface area contributed by atoms with E-state index in [2.05, 4.69) is 58.8 Å². The van der Waals surface area contributed by atoms with E-state index < -0.39 is 22.8 Å². The molecule has 6 rings (SSSR count). The lowest BCUT2D eigenvalue weighted by atomic mass is 9.33. The van der Waals surface area contributed by atoms with Crippen LogP contribution in [0.2, 0.25) is 0 Å². The monoisotopic (exact) mass is 674 g/mol. The number of carboxylic acids is 1. The van der Waals surface area contributed by atoms with Crippen molar-refractivity contribution in [1.82, 2.24) is 4.98 Å². The summed E-state index contributed by atoms with van der Waals surface area (Å²) in [4.78, 5) is 57.1. The van der Waals surface area contributed by atoms with E-state index >= 15 is 0 Å². The third-order valence-corrected chi connectivity index (χ3v) is 15.2. The number of esters is 1. The van der Waals surface area contributed by atoms with Crippen molar-refractivity contribution < 1.29 is 29.0 Å². The highest BCUT2D eigenvalue weighted by Crippen LogP contribution is 2.76. The SMILES string of the molecule is CC(C)C1=C2C3CCC4[C@@]5(C)CC[C@H](OC(=O)CC(C)(C)C(=O)O)C(C)(C)C5CC[C@@]4(C)[C@]3(C)CC[C@@]2(C(=O)Nc2ccncc2)CC1=O. The lowest BCUT2D eigenvalue weighted by molar-refractivity contribution is -0.233. The first-order chi connectivity index (χ1) is 22.7. The van der Waals surface area contributed by atoms with Crippen molar-refractivity contribution in [2.45, 2.75) is 133 Å². The summed E-state index contributed by atoms with van der Waals surface area (Å²) in [7, 11) is 0. The van der Waals surface area contributed by atoms with Gasteiger partial charge in [-0.2, -0.15) is 0 Å². The summed E-state index contributed by atoms with van der Waals surface area (Å²) in [5, 5.41) is 12.8. The molecule has 0 bridgehead atoms. The number of nitrogens with zero attached hydrogens (tertiary/aromatic N) is 1. The summed E-state index contributed by atoms with van der Waals surface area (Å²) < 4.78 is 6.14. The Morgan fingerprint density at radius 2 is 1.61 bits per heavy atom. The number of hydrogen-bond donors (Lipinski definition) is 2. The van der Waals surface area contributed by atoms with Gasteiger partial charge in [-0.25, -0.2) is 0 Å². The molecule has 0 saturated heterocycles. The third kappa shape index (κ3) is 5.23. The number of carbonyl (C=O) groups excluding carboxylic acids is 3. The molecular weight excluding hydrogens is 616 g/mol. The van der Waals surface area contributed by atoms with Crippen molar-refractivity contribution in [3.8, 4) is 0 Å². The Morgan fingerprint density at radius 3 is 2.24 bits per heavy atom. The zero-order chi connectivity index (χ0) is 35.9. The number of ether oxygens (including phenoxy) is 1. The Kier molecular flexibility index (Phi) is 8.59. The Morgan fingerprint density at radius 1 is 0.939 bits per heavy atom. The summed E-state index contributed by atoms with van der Waals surface area (Å²) >= 11 is 0. The van der Waals surface area contributed by atoms with Crippen LogP contribution in [0.1, 0.15) is 127 Å². The number of aliphatic carboxylic acids is 1. The normalized spacial score (nSPS) is 38.2. The van der Waals surface area contributed by atoms with E-state index in [0.29, 0.717) is 23.9 Å². The molecular formula is C41H58N2O6. The highest BCUT2D eigenvalue weighted by atomic mass is 16.5. The van der Waals surface area contributed by atoms with Crippen LogP contribution < -0.4 is 5.32 Å². The average Bonchev–Trinajstić information content (AvgIpc) is 3.32. The van der Waals surface area contributed by atoms with Crippen LogP contribution in [0.15, 0.2) is 35.7 Å². The number of fused-ring (bicyclic) bond motifs is 7. The van der Waals surface area contributed by atoms with E-state index in [1.54, 1.807) is 26.2 Å². The van der Waals surface area contributed by atoms with Crippen molar-refractivity contribution in [2.24, 2.45) is 56.2 Å². The van der Waals surface area contributed by atoms with Crippen molar-refractivity contribution in [1.29, 1.82) is 0 Å². The van der Waals surface area contributed by atoms with Gasteiger partial charge in [-0.15, -0.1) is 0 Å². The topological polar surface area (TPSA) is 123 Å². The molecule has 49 heavy (non-hydrogen) atoms. The van der Waals surface area contributed by atoms with Crippen LogP contribution >= 0.6 is 0 Å². The summed E-state index contributed by atoms with van der Waals surface area (Å²) in [6.07, 6.45) is 10.6. The highest BCUT2D eigenvalue weighted by Gasteiger charge is 2.71. The van der Waals surface area contributed by atoms with Crippen LogP contribution in [0.3, 0.4) is 0 Å². The van der Waals surface area contributed by atoms with Gasteiger partial charge in [0, 0.05) is 29.9 Å². The highest BCUT2D eigenvalue weighted by molar-refractivity contribution is 6.10. The summed E-state index contributed by atoms with van der Waals surface area (Å²) in [5.41, 5.74) is 0.502. The van der Waals surface area contributed by atoms with Gasteiger partial charge in [0.25, 0.3) is 0 Å². The maximum absolute atomic E-state index is 14.4. The van der Waals surface area contributed by atoms with Gasteiger partial charge in [0.15, 0.2) is 5.78 Å². The fourth-order valence-corrected chi connectivity index (χ4v) is 12.4. The summed E-state index contributed by atoms with van der Waals surface area (Å²) in [6.45, 7) is 19.4. The Bertz CT molecular complexity index is 1580. The maximum Gasteiger partial charge on any atom is 0.309 e. The minimum Gasteiger partial charge on any atom is -0.481 e. The second-order valence-corrected chi connectivity index (χ2v) is 18.7. The molecule has 1 heterocycles. The van der Waals surface area contributed by atoms with Gasteiger partial charge in [-0.1, -0.05) is 48.5 Å². The van der Waals surface area contributed by atoms with Gasteiger partial charge in [-0.3, -0.25) is 24.2 Å². The predicted octanol–water partition coefficient (Wildman–Crippen LogP) is 8.41. The molecule has 0 spiro atoms. The number of hydrogen-bond acceptors (Lipinski definition) is 6. The van der Waals surface area contributed by atoms with Crippen LogP contribution in [0.5, 0.6) is 0 Å². The van der Waals surface area contributed by atoms with E-state index in [-0.39, 0.29) is 64.1 Å². The molecule has 8 heteroatoms. The Hall–Kier alpha value is -3.03. The zero-order valence-corrected chi connectivity index (χ0v) is 31.2. The molecule has 3 unspecified atom stereocenters. The molecule has 8 atom stereocenters. The summed E-state index contributed by atoms with van der Waals surface area (Å²) in [6, 6.07) is 3.62. The molecule has 2 N–H and O–H groups in total. The fourth-order valence-electron chi connectivity index (χ4n) is 12.4. The minimum absolute atomic E-state index is 0.0146. The first-order valence-corrected chi connectivity index (χ1v) is 18.7. The van der Waals surface area contributed by atoms with E-state index in [0.717, 1.165) is 56.1 Å². The van der Waals surface area contributed by atoms with Crippen LogP contribution in [0.25, 0.3) is 0 Å². The smallest absolute Gasteiger partial charge is 0.309 e. The molecule has 0 aromatic carbocycles. The second-order valence-electron chi connectivity index (χ2n) is 18.7. The molecule has 0 aliphatic heterocycles. The van der Waals surface area contributed by atoms with Crippen LogP contribution in [-0.2, 0) is 23.9 Å². The first kappa shape index (κ1) is 35.8. The van der Waals surface area contributed by atoms with E-state index in [4.69, 9.17) is 4.74 Å². The molecule has 8 nitrogen and oxygen atoms in total. The average molecular weight is 675 g/mol. The minimum atomic E-state index is -1.17. The number of pyridine rings is 1. The van der Waals surface area contributed by atoms with Gasteiger partial charge >= 0.3 is 11.9 Å². The number of nitrogens with one attached hydrogen (secondary N) is 1. The molecule has 268 valence electrons. The molecule has 1 aromatic heterocycles. The largest absolute Gasteiger partial charge is 0.481 e. The van der Waals surface area contributed by atoms with E-state index in [1.807, 2.05) is 12.1 Å². The lowest BCUT2D eigenvalue weighted by Crippen LogP contribution is -2.66. The first-order valence-electron chi connectivity index (χ1n) is 18.7. The lowest BCUT2D eigenvalue weighted by Gasteiger charge is -2.72. The number of carboxylic acid groups (broad SMARTS) is 1. The number of amides is 1. The molecule has 4 saturated carbocycles. The molecule has 5 aliphatic carbocycles. The van der Waals surface area contributed by atoms with Crippen LogP contribution in [-0.4, -0.2) is 39.8 Å². The second kappa shape index (κ2) is 11.8. The van der Waals surface area contributed by atoms with Gasteiger partial charge in [0.1, 0.15) is 6.10 Å². The van der Waals surface area contributed by atoms with Crippen LogP contribution in [0.4, 0.5) is 5.69 Å². The van der Waals surface area contributed by atoms with E-state index in [9.17, 15) is 24.3 Å². The number of Topliss-reactive ketones (excluding diaryl/α,β-unsaturated/α-hetero) is 1. The molecule has 0 radical (unpaired) electrons. The molecule has 1 aromatic rings. The molecule has 1 amide bonds. The van der Waals surface area contributed by atoms with E-state index in [1.165, 1.54) is 0 Å². The Labute approximate surface area is 292 Å². The van der Waals surface area contributed by atoms with Gasteiger partial charge in [0.2, 0.25) is 5.91 Å². The third-order valence-electron chi connectivity index (χ3n) is 15.2. The number of allylic oxidation sites excluding steroid dienone is 1. The predicted molar refractivity (Wildman–Crippen MR) is 188 cm³/mol. The van der Waals surface area contributed by atoms with Crippen molar-refractivity contribution in [3.63, 3.8) is 0 Å². The molecule has 4 fully saturated rings. The number of carbonyl (C=O) groups is 4. The standard InChI is InChI=1S/C41H58N2O6/c1-24(2)32-27(44)22-41(34(46)43-25-14-20-42-21-15-25)19-18-39(8)26(33(32)41)10-11-29-38(7)16-13-30(49-31(45)23-36(3,4)35(47)48)37(5,6)28(38)12-17-40(29,39)9/h14-15,20-21,24,26,28-30H,10-13,16-19,22-23H2,1-9H3,(H,47,48)(H,42,43,46)/t26?,28?,29?,30-,38-,39+,40+,41+/m0/s1. The fraction of sp³-hybridized carbons (Fsp3) is 0.732. The van der Waals surface area contributed by atoms with Gasteiger partial charge in [-0.05, 0) is 128 Å². The quantitative estimate of drug-likeness (QED) is 0.279. The van der Waals surface area contributed by atoms with Gasteiger partial charge in [0.05, 0.1) is 17.3 Å². The number of rotatable bonds is 7. The van der Waals surface area contributed by atoms with Crippen molar-refractivity contribution in [3.05, 3.63) is 35.7 Å². The van der Waals surface area contributed by atoms with Crippen LogP contribution in [0, 0.1) is 56.2 Å². The Balaban J connectivity index is 1.31. The number of anilines is 1. The van der Waals surface area contributed by atoms with Crippen molar-refractivity contribution in [2.75, 3.05) is 5.32 Å². The zero-order valence-electron chi connectivity index (χ0n) is 31.2. The number of ketones is 1. The van der Waals surface area contributed by atoms with Gasteiger partial charge < -0.3 is 15.2 Å². The maximum atomic E-state index is 14.4. The van der Waals surface area contributed by atoms with Crippen molar-refractivity contribution >= 4 is 29.3 Å². The molecule has 5 aliphatic rings. The summed E-state index contributed by atoms with van der Waals surface area (Å²) in [5.74, 6) is -0.307.